The normalized spacial score (nSPS) is 20.5. The summed E-state index contributed by atoms with van der Waals surface area (Å²) in [7, 11) is 1.80. The van der Waals surface area contributed by atoms with Crippen LogP contribution in [0, 0.1) is 0 Å². The molecule has 27 heavy (non-hydrogen) atoms. The Balaban J connectivity index is 1.47. The van der Waals surface area contributed by atoms with Crippen molar-refractivity contribution in [2.24, 2.45) is 4.99 Å². The van der Waals surface area contributed by atoms with Crippen LogP contribution in [0.4, 0.5) is 0 Å². The summed E-state index contributed by atoms with van der Waals surface area (Å²) in [6.45, 7) is 0.676. The zero-order valence-corrected chi connectivity index (χ0v) is 17.3. The van der Waals surface area contributed by atoms with Crippen LogP contribution >= 0.6 is 23.4 Å². The van der Waals surface area contributed by atoms with Crippen LogP contribution in [-0.4, -0.2) is 47.2 Å². The van der Waals surface area contributed by atoms with Crippen molar-refractivity contribution < 1.29 is 4.52 Å². The van der Waals surface area contributed by atoms with Gasteiger partial charge in [0.25, 0.3) is 0 Å². The van der Waals surface area contributed by atoms with Gasteiger partial charge < -0.3 is 15.2 Å². The van der Waals surface area contributed by atoms with E-state index < -0.39 is 0 Å². The Morgan fingerprint density at radius 2 is 2.30 bits per heavy atom. The fourth-order valence-corrected chi connectivity index (χ4v) is 4.28. The van der Waals surface area contributed by atoms with Gasteiger partial charge in [-0.1, -0.05) is 35.3 Å². The van der Waals surface area contributed by atoms with E-state index >= 15 is 0 Å². The summed E-state index contributed by atoms with van der Waals surface area (Å²) in [5.74, 6) is 1.98. The molecule has 0 bridgehead atoms. The molecule has 1 saturated carbocycles. The number of aliphatic imine (C=N–C) groups is 1. The number of nitrogens with zero attached hydrogens (tertiary/aromatic N) is 3. The van der Waals surface area contributed by atoms with Gasteiger partial charge in [-0.3, -0.25) is 4.99 Å². The molecule has 6 nitrogen and oxygen atoms in total. The summed E-state index contributed by atoms with van der Waals surface area (Å²) >= 11 is 7.98. The third-order valence-corrected chi connectivity index (χ3v) is 6.04. The molecule has 0 saturated heterocycles. The van der Waals surface area contributed by atoms with Crippen molar-refractivity contribution in [1.82, 2.24) is 20.8 Å². The molecule has 2 unspecified atom stereocenters. The average molecular weight is 408 g/mol. The molecule has 146 valence electrons. The van der Waals surface area contributed by atoms with Gasteiger partial charge in [-0.05, 0) is 37.7 Å². The number of hydrogen-bond acceptors (Lipinski definition) is 5. The second kappa shape index (κ2) is 9.99. The highest BCUT2D eigenvalue weighted by molar-refractivity contribution is 7.99. The van der Waals surface area contributed by atoms with Gasteiger partial charge in [0.2, 0.25) is 11.7 Å². The van der Waals surface area contributed by atoms with Gasteiger partial charge >= 0.3 is 0 Å². The maximum absolute atomic E-state index is 6.02. The maximum atomic E-state index is 6.02. The molecule has 1 aliphatic carbocycles. The third kappa shape index (κ3) is 5.87. The number of nitrogens with one attached hydrogen (secondary N) is 2. The topological polar surface area (TPSA) is 75.3 Å². The Morgan fingerprint density at radius 3 is 3.07 bits per heavy atom. The number of guanidine groups is 1. The van der Waals surface area contributed by atoms with Crippen LogP contribution in [0.3, 0.4) is 0 Å². The average Bonchev–Trinajstić information content (AvgIpc) is 3.16. The molecule has 1 heterocycles. The molecule has 1 aromatic carbocycles. The first kappa shape index (κ1) is 20.0. The smallest absolute Gasteiger partial charge is 0.228 e. The highest BCUT2D eigenvalue weighted by atomic mass is 35.5. The molecule has 2 aromatic rings. The van der Waals surface area contributed by atoms with E-state index in [1.807, 2.05) is 36.0 Å². The van der Waals surface area contributed by atoms with Crippen molar-refractivity contribution in [3.8, 4) is 11.4 Å². The minimum absolute atomic E-state index is 0.486. The maximum Gasteiger partial charge on any atom is 0.228 e. The van der Waals surface area contributed by atoms with E-state index in [4.69, 9.17) is 16.1 Å². The summed E-state index contributed by atoms with van der Waals surface area (Å²) in [4.78, 5) is 8.77. The summed E-state index contributed by atoms with van der Waals surface area (Å²) in [6.07, 6.45) is 7.80. The summed E-state index contributed by atoms with van der Waals surface area (Å²) in [5.41, 5.74) is 0.851. The van der Waals surface area contributed by atoms with Gasteiger partial charge in [0.1, 0.15) is 0 Å². The molecule has 1 aliphatic rings. The van der Waals surface area contributed by atoms with Gasteiger partial charge in [0.15, 0.2) is 5.96 Å². The first-order chi connectivity index (χ1) is 13.2. The first-order valence-corrected chi connectivity index (χ1v) is 10.9. The lowest BCUT2D eigenvalue weighted by Crippen LogP contribution is -2.46. The molecule has 0 spiro atoms. The number of benzene rings is 1. The Labute approximate surface area is 169 Å². The van der Waals surface area contributed by atoms with Gasteiger partial charge in [0, 0.05) is 41.9 Å². The predicted octanol–water partition coefficient (Wildman–Crippen LogP) is 3.77. The van der Waals surface area contributed by atoms with Gasteiger partial charge in [0.05, 0.1) is 0 Å². The van der Waals surface area contributed by atoms with Crippen molar-refractivity contribution >= 4 is 29.3 Å². The van der Waals surface area contributed by atoms with Gasteiger partial charge in [-0.15, -0.1) is 0 Å². The van der Waals surface area contributed by atoms with Crippen LogP contribution in [0.15, 0.2) is 33.8 Å². The van der Waals surface area contributed by atoms with E-state index in [-0.39, 0.29) is 0 Å². The van der Waals surface area contributed by atoms with Crippen molar-refractivity contribution in [3.63, 3.8) is 0 Å². The van der Waals surface area contributed by atoms with Crippen molar-refractivity contribution in [1.29, 1.82) is 0 Å². The zero-order valence-electron chi connectivity index (χ0n) is 15.7. The molecule has 0 aliphatic heterocycles. The number of rotatable bonds is 6. The summed E-state index contributed by atoms with van der Waals surface area (Å²) in [6, 6.07) is 7.92. The standard InChI is InChI=1S/C19H26ClN5OS/c1-21-19(23-15-7-4-8-16(12-15)27-2)22-10-9-17-24-18(25-26-17)13-5-3-6-14(20)11-13/h3,5-6,11,15-16H,4,7-10,12H2,1-2H3,(H2,21,22,23). The fourth-order valence-electron chi connectivity index (χ4n) is 3.27. The minimum Gasteiger partial charge on any atom is -0.356 e. The molecule has 1 aromatic heterocycles. The Bertz CT molecular complexity index is 766. The molecule has 2 atom stereocenters. The third-order valence-electron chi connectivity index (χ3n) is 4.71. The van der Waals surface area contributed by atoms with E-state index in [0.717, 1.165) is 16.8 Å². The quantitative estimate of drug-likeness (QED) is 0.560. The lowest BCUT2D eigenvalue weighted by molar-refractivity contribution is 0.378. The van der Waals surface area contributed by atoms with E-state index in [1.165, 1.54) is 25.7 Å². The molecule has 0 amide bonds. The summed E-state index contributed by atoms with van der Waals surface area (Å²) in [5, 5.41) is 12.3. The monoisotopic (exact) mass is 407 g/mol. The number of thioether (sulfide) groups is 1. The van der Waals surface area contributed by atoms with Crippen LogP contribution in [0.2, 0.25) is 5.02 Å². The number of aromatic nitrogens is 2. The van der Waals surface area contributed by atoms with Crippen LogP contribution in [0.25, 0.3) is 11.4 Å². The van der Waals surface area contributed by atoms with Crippen LogP contribution in [0.1, 0.15) is 31.6 Å². The Kier molecular flexibility index (Phi) is 7.41. The van der Waals surface area contributed by atoms with Gasteiger partial charge in [-0.25, -0.2) is 0 Å². The molecule has 8 heteroatoms. The van der Waals surface area contributed by atoms with E-state index in [0.29, 0.717) is 35.7 Å². The fraction of sp³-hybridized carbons (Fsp3) is 0.526. The zero-order chi connectivity index (χ0) is 19.1. The van der Waals surface area contributed by atoms with E-state index in [1.54, 1.807) is 7.05 Å². The van der Waals surface area contributed by atoms with Crippen LogP contribution in [-0.2, 0) is 6.42 Å². The Hall–Kier alpha value is -1.73. The van der Waals surface area contributed by atoms with Crippen LogP contribution < -0.4 is 10.6 Å². The second-order valence-electron chi connectivity index (χ2n) is 6.64. The molecule has 1 fully saturated rings. The van der Waals surface area contributed by atoms with Crippen LogP contribution in [0.5, 0.6) is 0 Å². The highest BCUT2D eigenvalue weighted by Crippen LogP contribution is 2.26. The van der Waals surface area contributed by atoms with Crippen molar-refractivity contribution in [2.75, 3.05) is 19.8 Å². The number of halogens is 1. The van der Waals surface area contributed by atoms with E-state index in [9.17, 15) is 0 Å². The largest absolute Gasteiger partial charge is 0.356 e. The molecule has 3 rings (SSSR count). The second-order valence-corrected chi connectivity index (χ2v) is 8.21. The van der Waals surface area contributed by atoms with E-state index in [2.05, 4.69) is 32.0 Å². The lowest BCUT2D eigenvalue weighted by Gasteiger charge is -2.29. The van der Waals surface area contributed by atoms with Gasteiger partial charge in [-0.2, -0.15) is 16.7 Å². The molecular formula is C19H26ClN5OS. The first-order valence-electron chi connectivity index (χ1n) is 9.26. The highest BCUT2D eigenvalue weighted by Gasteiger charge is 2.21. The summed E-state index contributed by atoms with van der Waals surface area (Å²) < 4.78 is 5.35. The Morgan fingerprint density at radius 1 is 1.41 bits per heavy atom. The minimum atomic E-state index is 0.486. The van der Waals surface area contributed by atoms with Crippen molar-refractivity contribution in [3.05, 3.63) is 35.2 Å². The lowest BCUT2D eigenvalue weighted by atomic mass is 9.95. The predicted molar refractivity (Wildman–Crippen MR) is 113 cm³/mol. The number of hydrogen-bond donors (Lipinski definition) is 2. The molecule has 2 N–H and O–H groups in total. The molecule has 0 radical (unpaired) electrons. The SMILES string of the molecule is CN=C(NCCc1nc(-c2cccc(Cl)c2)no1)NC1CCCC(SC)C1. The molecular weight excluding hydrogens is 382 g/mol. The van der Waals surface area contributed by atoms with Crippen molar-refractivity contribution in [2.45, 2.75) is 43.4 Å².